The Hall–Kier alpha value is -2.11. The average Bonchev–Trinajstić information content (AvgIpc) is 2.16. The van der Waals surface area contributed by atoms with E-state index in [0.717, 1.165) is 0 Å². The van der Waals surface area contributed by atoms with E-state index < -0.39 is 11.8 Å². The molecule has 0 unspecified atom stereocenters. The van der Waals surface area contributed by atoms with Crippen LogP contribution in [0.2, 0.25) is 0 Å². The van der Waals surface area contributed by atoms with Gasteiger partial charge >= 0.3 is 0 Å². The fourth-order valence-electron chi connectivity index (χ4n) is 1.55. The Kier molecular flexibility index (Phi) is 2.03. The molecule has 2 aliphatic heterocycles. The maximum atomic E-state index is 11.3. The maximum Gasteiger partial charge on any atom is 0.274 e. The lowest BCUT2D eigenvalue weighted by atomic mass is 10.1. The molecular formula is C9H9N3O3. The number of rotatable bonds is 1. The molecule has 2 rings (SSSR count). The summed E-state index contributed by atoms with van der Waals surface area (Å²) in [7, 11) is 0. The van der Waals surface area contributed by atoms with Gasteiger partial charge in [0.25, 0.3) is 5.91 Å². The Morgan fingerprint density at radius 2 is 2.07 bits per heavy atom. The Bertz CT molecular complexity index is 422. The van der Waals surface area contributed by atoms with Crippen molar-refractivity contribution in [2.75, 3.05) is 13.1 Å². The quantitative estimate of drug-likeness (QED) is 0.499. The molecule has 78 valence electrons. The molecule has 3 amide bonds. The first-order valence-electron chi connectivity index (χ1n) is 4.37. The SMILES string of the molecule is NC(=O)C1=CC=C2C(=O)NC(=O)CN2C1. The van der Waals surface area contributed by atoms with E-state index >= 15 is 0 Å². The van der Waals surface area contributed by atoms with Crippen LogP contribution in [0.3, 0.4) is 0 Å². The van der Waals surface area contributed by atoms with E-state index in [9.17, 15) is 14.4 Å². The normalized spacial score (nSPS) is 20.1. The first-order chi connectivity index (χ1) is 7.08. The number of hydrogen-bond donors (Lipinski definition) is 2. The van der Waals surface area contributed by atoms with Gasteiger partial charge in [-0.3, -0.25) is 19.7 Å². The number of amides is 3. The minimum atomic E-state index is -0.538. The van der Waals surface area contributed by atoms with E-state index in [2.05, 4.69) is 5.32 Å². The van der Waals surface area contributed by atoms with Crippen LogP contribution in [0.25, 0.3) is 0 Å². The molecule has 0 radical (unpaired) electrons. The number of hydrogen-bond acceptors (Lipinski definition) is 4. The number of allylic oxidation sites excluding steroid dienone is 2. The van der Waals surface area contributed by atoms with Crippen LogP contribution in [-0.2, 0) is 14.4 Å². The van der Waals surface area contributed by atoms with Crippen LogP contribution in [0.1, 0.15) is 0 Å². The predicted octanol–water partition coefficient (Wildman–Crippen LogP) is -1.75. The van der Waals surface area contributed by atoms with Crippen LogP contribution < -0.4 is 11.1 Å². The topological polar surface area (TPSA) is 92.5 Å². The van der Waals surface area contributed by atoms with Crippen LogP contribution in [0.4, 0.5) is 0 Å². The van der Waals surface area contributed by atoms with Crippen molar-refractivity contribution < 1.29 is 14.4 Å². The van der Waals surface area contributed by atoms with Gasteiger partial charge < -0.3 is 10.6 Å². The lowest BCUT2D eigenvalue weighted by molar-refractivity contribution is -0.133. The number of carbonyl (C=O) groups is 3. The van der Waals surface area contributed by atoms with E-state index in [-0.39, 0.29) is 19.0 Å². The molecule has 0 bridgehead atoms. The van der Waals surface area contributed by atoms with Gasteiger partial charge in [-0.2, -0.15) is 0 Å². The first-order valence-corrected chi connectivity index (χ1v) is 4.37. The van der Waals surface area contributed by atoms with Gasteiger partial charge in [0.1, 0.15) is 5.70 Å². The summed E-state index contributed by atoms with van der Waals surface area (Å²) in [4.78, 5) is 34.8. The smallest absolute Gasteiger partial charge is 0.274 e. The molecule has 1 fully saturated rings. The van der Waals surface area contributed by atoms with Crippen molar-refractivity contribution in [1.82, 2.24) is 10.2 Å². The molecule has 0 aliphatic carbocycles. The van der Waals surface area contributed by atoms with Gasteiger partial charge in [0.05, 0.1) is 6.54 Å². The Balaban J connectivity index is 2.30. The molecule has 6 nitrogen and oxygen atoms in total. The molecule has 15 heavy (non-hydrogen) atoms. The van der Waals surface area contributed by atoms with Crippen LogP contribution in [-0.4, -0.2) is 35.7 Å². The monoisotopic (exact) mass is 207 g/mol. The van der Waals surface area contributed by atoms with E-state index in [0.29, 0.717) is 11.3 Å². The van der Waals surface area contributed by atoms with Crippen molar-refractivity contribution in [2.45, 2.75) is 0 Å². The summed E-state index contributed by atoms with van der Waals surface area (Å²) in [5.41, 5.74) is 5.89. The third kappa shape index (κ3) is 1.61. The van der Waals surface area contributed by atoms with Crippen LogP contribution in [0.5, 0.6) is 0 Å². The Labute approximate surface area is 85.4 Å². The van der Waals surface area contributed by atoms with E-state index in [1.165, 1.54) is 17.1 Å². The summed E-state index contributed by atoms with van der Waals surface area (Å²) >= 11 is 0. The zero-order chi connectivity index (χ0) is 11.0. The van der Waals surface area contributed by atoms with Gasteiger partial charge in [0, 0.05) is 12.1 Å². The largest absolute Gasteiger partial charge is 0.366 e. The lowest BCUT2D eigenvalue weighted by Crippen LogP contribution is -2.51. The highest BCUT2D eigenvalue weighted by Gasteiger charge is 2.30. The third-order valence-electron chi connectivity index (χ3n) is 2.28. The second kappa shape index (κ2) is 3.23. The molecule has 2 heterocycles. The lowest BCUT2D eigenvalue weighted by Gasteiger charge is -2.32. The van der Waals surface area contributed by atoms with Gasteiger partial charge in [-0.15, -0.1) is 0 Å². The molecular weight excluding hydrogens is 198 g/mol. The van der Waals surface area contributed by atoms with Crippen molar-refractivity contribution in [3.63, 3.8) is 0 Å². The second-order valence-corrected chi connectivity index (χ2v) is 3.34. The van der Waals surface area contributed by atoms with Crippen molar-refractivity contribution in [3.05, 3.63) is 23.4 Å². The minimum absolute atomic E-state index is 0.0716. The molecule has 6 heteroatoms. The number of nitrogens with zero attached hydrogens (tertiary/aromatic N) is 1. The summed E-state index contributed by atoms with van der Waals surface area (Å²) in [5.74, 6) is -1.35. The number of primary amides is 1. The van der Waals surface area contributed by atoms with Gasteiger partial charge in [-0.25, -0.2) is 0 Å². The van der Waals surface area contributed by atoms with Crippen molar-refractivity contribution in [2.24, 2.45) is 5.73 Å². The van der Waals surface area contributed by atoms with Crippen LogP contribution >= 0.6 is 0 Å². The number of nitrogens with two attached hydrogens (primary N) is 1. The van der Waals surface area contributed by atoms with Gasteiger partial charge in [-0.1, -0.05) is 0 Å². The summed E-state index contributed by atoms with van der Waals surface area (Å²) in [6, 6.07) is 0. The molecule has 0 aromatic rings. The molecule has 0 saturated carbocycles. The van der Waals surface area contributed by atoms with Crippen molar-refractivity contribution in [3.8, 4) is 0 Å². The number of fused-ring (bicyclic) bond motifs is 1. The average molecular weight is 207 g/mol. The predicted molar refractivity (Wildman–Crippen MR) is 50.1 cm³/mol. The highest BCUT2D eigenvalue weighted by Crippen LogP contribution is 2.16. The van der Waals surface area contributed by atoms with Gasteiger partial charge in [-0.05, 0) is 12.2 Å². The fourth-order valence-corrected chi connectivity index (χ4v) is 1.55. The van der Waals surface area contributed by atoms with E-state index in [1.807, 2.05) is 0 Å². The standard InChI is InChI=1S/C9H9N3O3/c10-8(14)5-1-2-6-9(15)11-7(13)4-12(6)3-5/h1-2H,3-4H2,(H2,10,14)(H,11,13,15). The molecule has 0 aromatic carbocycles. The Morgan fingerprint density at radius 1 is 1.33 bits per heavy atom. The fraction of sp³-hybridized carbons (Fsp3) is 0.222. The van der Waals surface area contributed by atoms with Gasteiger partial charge in [0.15, 0.2) is 0 Å². The van der Waals surface area contributed by atoms with Gasteiger partial charge in [0.2, 0.25) is 11.8 Å². The zero-order valence-corrected chi connectivity index (χ0v) is 7.82. The third-order valence-corrected chi connectivity index (χ3v) is 2.28. The van der Waals surface area contributed by atoms with Crippen LogP contribution in [0.15, 0.2) is 23.4 Å². The number of carbonyl (C=O) groups excluding carboxylic acids is 3. The molecule has 1 saturated heterocycles. The molecule has 0 atom stereocenters. The first kappa shape index (κ1) is 9.45. The number of imide groups is 1. The summed E-state index contributed by atoms with van der Waals surface area (Å²) in [5, 5.41) is 2.19. The minimum Gasteiger partial charge on any atom is -0.366 e. The van der Waals surface area contributed by atoms with Crippen molar-refractivity contribution in [1.29, 1.82) is 0 Å². The zero-order valence-electron chi connectivity index (χ0n) is 7.82. The molecule has 0 spiro atoms. The number of piperazine rings is 1. The second-order valence-electron chi connectivity index (χ2n) is 3.34. The van der Waals surface area contributed by atoms with Crippen LogP contribution in [0, 0.1) is 0 Å². The summed E-state index contributed by atoms with van der Waals surface area (Å²) < 4.78 is 0. The summed E-state index contributed by atoms with van der Waals surface area (Å²) in [6.45, 7) is 0.280. The van der Waals surface area contributed by atoms with Crippen molar-refractivity contribution >= 4 is 17.7 Å². The molecule has 0 aromatic heterocycles. The highest BCUT2D eigenvalue weighted by atomic mass is 16.2. The van der Waals surface area contributed by atoms with E-state index in [1.54, 1.807) is 0 Å². The molecule has 2 aliphatic rings. The summed E-state index contributed by atoms with van der Waals surface area (Å²) in [6.07, 6.45) is 2.99. The maximum absolute atomic E-state index is 11.3. The number of nitrogens with one attached hydrogen (secondary N) is 1. The Morgan fingerprint density at radius 3 is 2.73 bits per heavy atom. The van der Waals surface area contributed by atoms with E-state index in [4.69, 9.17) is 5.73 Å². The highest BCUT2D eigenvalue weighted by molar-refractivity contribution is 6.08. The molecule has 3 N–H and O–H groups in total.